The summed E-state index contributed by atoms with van der Waals surface area (Å²) >= 11 is 0. The van der Waals surface area contributed by atoms with Crippen molar-refractivity contribution in [3.05, 3.63) is 30.1 Å². The Labute approximate surface area is 101 Å². The van der Waals surface area contributed by atoms with Crippen molar-refractivity contribution in [3.63, 3.8) is 0 Å². The number of nitrogens with one attached hydrogen (secondary N) is 1. The summed E-state index contributed by atoms with van der Waals surface area (Å²) in [6.07, 6.45) is 5.15. The third-order valence-corrected chi connectivity index (χ3v) is 3.84. The Hall–Kier alpha value is -1.42. The largest absolute Gasteiger partial charge is 0.338 e. The molecule has 0 aromatic carbocycles. The molecule has 0 aliphatic carbocycles. The Bertz CT molecular complexity index is 406. The van der Waals surface area contributed by atoms with E-state index in [1.165, 1.54) is 0 Å². The van der Waals surface area contributed by atoms with E-state index in [2.05, 4.69) is 15.2 Å². The molecule has 1 amide bonds. The van der Waals surface area contributed by atoms with Gasteiger partial charge in [-0.1, -0.05) is 6.07 Å². The highest BCUT2D eigenvalue weighted by atomic mass is 16.2. The maximum Gasteiger partial charge on any atom is 0.227 e. The average molecular weight is 231 g/mol. The highest BCUT2D eigenvalue weighted by Gasteiger charge is 2.39. The van der Waals surface area contributed by atoms with Gasteiger partial charge in [0.25, 0.3) is 0 Å². The first-order valence-electron chi connectivity index (χ1n) is 6.23. The van der Waals surface area contributed by atoms with E-state index in [9.17, 15) is 4.79 Å². The number of fused-ring (bicyclic) bond motifs is 1. The molecule has 2 saturated heterocycles. The number of hydrogen-bond acceptors (Lipinski definition) is 3. The summed E-state index contributed by atoms with van der Waals surface area (Å²) in [6, 6.07) is 4.27. The van der Waals surface area contributed by atoms with Crippen LogP contribution in [-0.4, -0.2) is 41.5 Å². The highest BCUT2D eigenvalue weighted by Crippen LogP contribution is 2.27. The molecule has 4 heteroatoms. The van der Waals surface area contributed by atoms with Crippen molar-refractivity contribution in [3.8, 4) is 0 Å². The van der Waals surface area contributed by atoms with Crippen molar-refractivity contribution < 1.29 is 4.79 Å². The predicted molar refractivity (Wildman–Crippen MR) is 64.4 cm³/mol. The molecule has 90 valence electrons. The van der Waals surface area contributed by atoms with Crippen LogP contribution >= 0.6 is 0 Å². The summed E-state index contributed by atoms with van der Waals surface area (Å²) in [5.41, 5.74) is 1.01. The van der Waals surface area contributed by atoms with Gasteiger partial charge < -0.3 is 10.2 Å². The standard InChI is InChI=1S/C13H17N3O/c17-13(6-10-2-1-4-14-7-10)16-5-3-11-8-15-9-12(11)16/h1-2,4,7,11-12,15H,3,5-6,8-9H2/t11-,12+/m0/s1. The highest BCUT2D eigenvalue weighted by molar-refractivity contribution is 5.79. The molecule has 0 bridgehead atoms. The Morgan fingerprint density at radius 1 is 1.53 bits per heavy atom. The van der Waals surface area contributed by atoms with E-state index < -0.39 is 0 Å². The van der Waals surface area contributed by atoms with Crippen LogP contribution in [0, 0.1) is 5.92 Å². The first kappa shape index (κ1) is 10.7. The molecule has 1 aromatic rings. The van der Waals surface area contributed by atoms with Crippen LogP contribution < -0.4 is 5.32 Å². The molecule has 3 heterocycles. The topological polar surface area (TPSA) is 45.2 Å². The molecule has 3 rings (SSSR count). The molecular formula is C13H17N3O. The van der Waals surface area contributed by atoms with Crippen LogP contribution in [0.5, 0.6) is 0 Å². The first-order valence-corrected chi connectivity index (χ1v) is 6.23. The minimum Gasteiger partial charge on any atom is -0.338 e. The van der Waals surface area contributed by atoms with Gasteiger partial charge >= 0.3 is 0 Å². The van der Waals surface area contributed by atoms with E-state index in [0.29, 0.717) is 18.4 Å². The minimum atomic E-state index is 0.245. The van der Waals surface area contributed by atoms with Crippen LogP contribution in [0.4, 0.5) is 0 Å². The number of rotatable bonds is 2. The quantitative estimate of drug-likeness (QED) is 0.803. The Morgan fingerprint density at radius 2 is 2.47 bits per heavy atom. The van der Waals surface area contributed by atoms with E-state index in [-0.39, 0.29) is 5.91 Å². The number of hydrogen-bond donors (Lipinski definition) is 1. The molecular weight excluding hydrogens is 214 g/mol. The Kier molecular flexibility index (Phi) is 2.81. The third-order valence-electron chi connectivity index (χ3n) is 3.84. The summed E-state index contributed by atoms with van der Waals surface area (Å²) < 4.78 is 0. The molecule has 2 aliphatic rings. The zero-order valence-corrected chi connectivity index (χ0v) is 9.80. The van der Waals surface area contributed by atoms with Crippen molar-refractivity contribution in [1.82, 2.24) is 15.2 Å². The lowest BCUT2D eigenvalue weighted by atomic mass is 10.0. The summed E-state index contributed by atoms with van der Waals surface area (Å²) in [6.45, 7) is 2.96. The smallest absolute Gasteiger partial charge is 0.227 e. The van der Waals surface area contributed by atoms with Gasteiger partial charge in [0.05, 0.1) is 6.42 Å². The van der Waals surface area contributed by atoms with Crippen LogP contribution in [0.25, 0.3) is 0 Å². The zero-order valence-electron chi connectivity index (χ0n) is 9.80. The molecule has 0 radical (unpaired) electrons. The van der Waals surface area contributed by atoms with Gasteiger partial charge in [0.15, 0.2) is 0 Å². The van der Waals surface area contributed by atoms with Crippen molar-refractivity contribution in [1.29, 1.82) is 0 Å². The van der Waals surface area contributed by atoms with Crippen molar-refractivity contribution in [2.75, 3.05) is 19.6 Å². The lowest BCUT2D eigenvalue weighted by molar-refractivity contribution is -0.131. The normalized spacial score (nSPS) is 27.2. The summed E-state index contributed by atoms with van der Waals surface area (Å²) in [4.78, 5) is 18.3. The summed E-state index contributed by atoms with van der Waals surface area (Å²) in [5, 5.41) is 3.37. The van der Waals surface area contributed by atoms with Crippen molar-refractivity contribution >= 4 is 5.91 Å². The first-order chi connectivity index (χ1) is 8.34. The molecule has 0 spiro atoms. The van der Waals surface area contributed by atoms with E-state index in [0.717, 1.165) is 31.6 Å². The van der Waals surface area contributed by atoms with Crippen molar-refractivity contribution in [2.45, 2.75) is 18.9 Å². The fourth-order valence-electron chi connectivity index (χ4n) is 2.94. The third kappa shape index (κ3) is 2.05. The number of aromatic nitrogens is 1. The number of carbonyl (C=O) groups is 1. The molecule has 0 saturated carbocycles. The Morgan fingerprint density at radius 3 is 3.29 bits per heavy atom. The van der Waals surface area contributed by atoms with Crippen LogP contribution in [0.15, 0.2) is 24.5 Å². The summed E-state index contributed by atoms with van der Waals surface area (Å²) in [7, 11) is 0. The molecule has 0 unspecified atom stereocenters. The van der Waals surface area contributed by atoms with Gasteiger partial charge in [-0.15, -0.1) is 0 Å². The van der Waals surface area contributed by atoms with Crippen LogP contribution in [-0.2, 0) is 11.2 Å². The van der Waals surface area contributed by atoms with Gasteiger partial charge in [-0.05, 0) is 24.0 Å². The molecule has 1 aromatic heterocycles. The summed E-state index contributed by atoms with van der Waals surface area (Å²) in [5.74, 6) is 0.919. The minimum absolute atomic E-state index is 0.245. The second-order valence-electron chi connectivity index (χ2n) is 4.90. The molecule has 2 atom stereocenters. The van der Waals surface area contributed by atoms with Gasteiger partial charge in [0, 0.05) is 38.1 Å². The zero-order chi connectivity index (χ0) is 11.7. The maximum absolute atomic E-state index is 12.2. The second-order valence-corrected chi connectivity index (χ2v) is 4.90. The lowest BCUT2D eigenvalue weighted by Gasteiger charge is -2.23. The predicted octanol–water partition coefficient (Wildman–Crippen LogP) is 0.444. The van der Waals surface area contributed by atoms with Gasteiger partial charge in [0.2, 0.25) is 5.91 Å². The van der Waals surface area contributed by atoms with Crippen molar-refractivity contribution in [2.24, 2.45) is 5.92 Å². The number of amides is 1. The number of likely N-dealkylation sites (tertiary alicyclic amines) is 1. The van der Waals surface area contributed by atoms with Crippen LogP contribution in [0.2, 0.25) is 0 Å². The van der Waals surface area contributed by atoms with Crippen LogP contribution in [0.3, 0.4) is 0 Å². The average Bonchev–Trinajstić information content (AvgIpc) is 2.91. The van der Waals surface area contributed by atoms with E-state index >= 15 is 0 Å². The fourth-order valence-corrected chi connectivity index (χ4v) is 2.94. The van der Waals surface area contributed by atoms with Gasteiger partial charge in [0.1, 0.15) is 0 Å². The number of pyridine rings is 1. The van der Waals surface area contributed by atoms with Crippen LogP contribution in [0.1, 0.15) is 12.0 Å². The monoisotopic (exact) mass is 231 g/mol. The Balaban J connectivity index is 1.67. The lowest BCUT2D eigenvalue weighted by Crippen LogP contribution is -2.39. The van der Waals surface area contributed by atoms with E-state index in [4.69, 9.17) is 0 Å². The SMILES string of the molecule is O=C(Cc1cccnc1)N1CC[C@H]2CNC[C@H]21. The number of nitrogens with zero attached hydrogens (tertiary/aromatic N) is 2. The maximum atomic E-state index is 12.2. The second kappa shape index (κ2) is 4.45. The molecule has 2 aliphatic heterocycles. The molecule has 2 fully saturated rings. The van der Waals surface area contributed by atoms with E-state index in [1.807, 2.05) is 12.1 Å². The fraction of sp³-hybridized carbons (Fsp3) is 0.538. The molecule has 4 nitrogen and oxygen atoms in total. The van der Waals surface area contributed by atoms with Gasteiger partial charge in [-0.3, -0.25) is 9.78 Å². The molecule has 17 heavy (non-hydrogen) atoms. The molecule has 1 N–H and O–H groups in total. The van der Waals surface area contributed by atoms with E-state index in [1.54, 1.807) is 12.4 Å². The number of carbonyl (C=O) groups excluding carboxylic acids is 1. The van der Waals surface area contributed by atoms with Gasteiger partial charge in [-0.2, -0.15) is 0 Å². The van der Waals surface area contributed by atoms with Gasteiger partial charge in [-0.25, -0.2) is 0 Å².